The number of fused-ring (bicyclic) bond motifs is 1. The molecule has 0 aliphatic heterocycles. The van der Waals surface area contributed by atoms with E-state index >= 15 is 0 Å². The van der Waals surface area contributed by atoms with Crippen molar-refractivity contribution in [3.8, 4) is 23.0 Å². The minimum absolute atomic E-state index is 0.269. The molecule has 7 nitrogen and oxygen atoms in total. The summed E-state index contributed by atoms with van der Waals surface area (Å²) in [5.74, 6) is -4.64. The van der Waals surface area contributed by atoms with Crippen molar-refractivity contribution in [1.29, 1.82) is 0 Å². The Kier molecular flexibility index (Phi) is 2.89. The molecule has 1 aliphatic rings. The van der Waals surface area contributed by atoms with E-state index in [1.54, 1.807) is 0 Å². The van der Waals surface area contributed by atoms with Gasteiger partial charge >= 0.3 is 0 Å². The summed E-state index contributed by atoms with van der Waals surface area (Å²) in [6.07, 6.45) is -0.645. The maximum Gasteiger partial charge on any atom is 0.233 e. The lowest BCUT2D eigenvalue weighted by molar-refractivity contribution is -0.114. The molecular weight excluding hydrogens is 256 g/mol. The number of Topliss-reactive ketones (excluding diaryl/α,β-unsaturated/α-hetero) is 3. The van der Waals surface area contributed by atoms with Crippen molar-refractivity contribution in [3.63, 3.8) is 0 Å². The first-order valence-electron chi connectivity index (χ1n) is 5.24. The lowest BCUT2D eigenvalue weighted by Gasteiger charge is -2.20. The molecule has 100 valence electrons. The summed E-state index contributed by atoms with van der Waals surface area (Å²) in [5.41, 5.74) is -0.962. The SMILES string of the molecule is COc1c(O)c2c(c(O)c1OC)C(=O)C(=O)CC2=O. The average Bonchev–Trinajstić information content (AvgIpc) is 2.37. The molecule has 0 aromatic heterocycles. The number of methoxy groups -OCH3 is 2. The number of ketones is 3. The number of aromatic hydroxyl groups is 2. The zero-order valence-corrected chi connectivity index (χ0v) is 10.1. The highest BCUT2D eigenvalue weighted by Gasteiger charge is 2.39. The Bertz CT molecular complexity index is 615. The summed E-state index contributed by atoms with van der Waals surface area (Å²) >= 11 is 0. The molecule has 7 heteroatoms. The summed E-state index contributed by atoms with van der Waals surface area (Å²) in [7, 11) is 2.38. The summed E-state index contributed by atoms with van der Waals surface area (Å²) in [6, 6.07) is 0. The van der Waals surface area contributed by atoms with E-state index in [4.69, 9.17) is 9.47 Å². The quantitative estimate of drug-likeness (QED) is 0.454. The first-order valence-corrected chi connectivity index (χ1v) is 5.24. The van der Waals surface area contributed by atoms with Gasteiger partial charge in [0.05, 0.1) is 31.8 Å². The largest absolute Gasteiger partial charge is 0.504 e. The van der Waals surface area contributed by atoms with E-state index < -0.39 is 46.4 Å². The van der Waals surface area contributed by atoms with Gasteiger partial charge in [-0.2, -0.15) is 0 Å². The average molecular weight is 266 g/mol. The number of benzene rings is 1. The van der Waals surface area contributed by atoms with Gasteiger partial charge in [-0.25, -0.2) is 0 Å². The molecule has 0 bridgehead atoms. The predicted molar refractivity (Wildman–Crippen MR) is 61.2 cm³/mol. The van der Waals surface area contributed by atoms with Gasteiger partial charge in [0, 0.05) is 0 Å². The van der Waals surface area contributed by atoms with Crippen molar-refractivity contribution in [1.82, 2.24) is 0 Å². The fourth-order valence-corrected chi connectivity index (χ4v) is 2.00. The van der Waals surface area contributed by atoms with E-state index in [0.29, 0.717) is 0 Å². The van der Waals surface area contributed by atoms with Gasteiger partial charge in [0.15, 0.2) is 17.3 Å². The molecule has 2 N–H and O–H groups in total. The number of phenols is 2. The molecule has 1 aromatic carbocycles. The molecule has 0 saturated heterocycles. The van der Waals surface area contributed by atoms with Crippen molar-refractivity contribution in [2.75, 3.05) is 14.2 Å². The molecule has 2 rings (SSSR count). The second-order valence-corrected chi connectivity index (χ2v) is 3.87. The van der Waals surface area contributed by atoms with Gasteiger partial charge < -0.3 is 19.7 Å². The summed E-state index contributed by atoms with van der Waals surface area (Å²) in [5, 5.41) is 19.9. The smallest absolute Gasteiger partial charge is 0.233 e. The highest BCUT2D eigenvalue weighted by Crippen LogP contribution is 2.50. The van der Waals surface area contributed by atoms with Gasteiger partial charge in [0.1, 0.15) is 0 Å². The zero-order chi connectivity index (χ0) is 14.3. The van der Waals surface area contributed by atoms with Gasteiger partial charge in [-0.1, -0.05) is 0 Å². The van der Waals surface area contributed by atoms with Crippen LogP contribution < -0.4 is 9.47 Å². The standard InChI is InChI=1S/C12H10O7/c1-18-11-9(16)6-4(13)3-5(14)8(15)7(6)10(17)12(11)19-2/h16-17H,3H2,1-2H3. The van der Waals surface area contributed by atoms with Gasteiger partial charge in [-0.05, 0) is 0 Å². The van der Waals surface area contributed by atoms with E-state index in [1.165, 1.54) is 14.2 Å². The van der Waals surface area contributed by atoms with Crippen LogP contribution in [0.25, 0.3) is 0 Å². The third-order valence-electron chi connectivity index (χ3n) is 2.85. The number of carbonyl (C=O) groups is 3. The third kappa shape index (κ3) is 1.62. The van der Waals surface area contributed by atoms with E-state index in [1.807, 2.05) is 0 Å². The van der Waals surface area contributed by atoms with Crippen LogP contribution in [-0.4, -0.2) is 41.8 Å². The molecule has 0 fully saturated rings. The summed E-state index contributed by atoms with van der Waals surface area (Å²) < 4.78 is 9.66. The van der Waals surface area contributed by atoms with Crippen LogP contribution >= 0.6 is 0 Å². The van der Waals surface area contributed by atoms with E-state index in [0.717, 1.165) is 0 Å². The van der Waals surface area contributed by atoms with Crippen LogP contribution in [0.4, 0.5) is 0 Å². The fraction of sp³-hybridized carbons (Fsp3) is 0.250. The Hall–Kier alpha value is -2.57. The summed E-state index contributed by atoms with van der Waals surface area (Å²) in [4.78, 5) is 34.8. The zero-order valence-electron chi connectivity index (χ0n) is 10.1. The van der Waals surface area contributed by atoms with Crippen LogP contribution in [0.15, 0.2) is 0 Å². The molecule has 1 aromatic rings. The maximum absolute atomic E-state index is 11.7. The monoisotopic (exact) mass is 266 g/mol. The predicted octanol–water partition coefficient (Wildman–Crippen LogP) is 0.453. The van der Waals surface area contributed by atoms with E-state index in [9.17, 15) is 24.6 Å². The van der Waals surface area contributed by atoms with Crippen molar-refractivity contribution in [2.45, 2.75) is 6.42 Å². The van der Waals surface area contributed by atoms with Crippen LogP contribution in [0, 0.1) is 0 Å². The number of ether oxygens (including phenoxy) is 2. The Labute approximate surface area is 107 Å². The van der Waals surface area contributed by atoms with Gasteiger partial charge in [-0.3, -0.25) is 14.4 Å². The normalized spacial score (nSPS) is 14.3. The Morgan fingerprint density at radius 1 is 0.842 bits per heavy atom. The van der Waals surface area contributed by atoms with Crippen LogP contribution in [0.3, 0.4) is 0 Å². The van der Waals surface area contributed by atoms with Crippen LogP contribution in [0.5, 0.6) is 23.0 Å². The van der Waals surface area contributed by atoms with Gasteiger partial charge in [0.25, 0.3) is 0 Å². The van der Waals surface area contributed by atoms with Crippen LogP contribution in [0.1, 0.15) is 27.1 Å². The van der Waals surface area contributed by atoms with Crippen molar-refractivity contribution >= 4 is 17.3 Å². The molecule has 19 heavy (non-hydrogen) atoms. The third-order valence-corrected chi connectivity index (χ3v) is 2.85. The molecule has 0 saturated carbocycles. The molecule has 0 spiro atoms. The Balaban J connectivity index is 2.91. The van der Waals surface area contributed by atoms with Crippen molar-refractivity contribution < 1.29 is 34.1 Å². The first kappa shape index (κ1) is 12.9. The van der Waals surface area contributed by atoms with Crippen LogP contribution in [-0.2, 0) is 4.79 Å². The molecule has 1 aliphatic carbocycles. The first-order chi connectivity index (χ1) is 8.93. The van der Waals surface area contributed by atoms with Gasteiger partial charge in [-0.15, -0.1) is 0 Å². The molecule has 0 atom stereocenters. The van der Waals surface area contributed by atoms with Crippen molar-refractivity contribution in [3.05, 3.63) is 11.1 Å². The van der Waals surface area contributed by atoms with Crippen LogP contribution in [0.2, 0.25) is 0 Å². The number of hydrogen-bond acceptors (Lipinski definition) is 7. The van der Waals surface area contributed by atoms with Crippen molar-refractivity contribution in [2.24, 2.45) is 0 Å². The molecule has 0 heterocycles. The Morgan fingerprint density at radius 3 is 1.79 bits per heavy atom. The second-order valence-electron chi connectivity index (χ2n) is 3.87. The van der Waals surface area contributed by atoms with E-state index in [-0.39, 0.29) is 11.5 Å². The topological polar surface area (TPSA) is 110 Å². The summed E-state index contributed by atoms with van der Waals surface area (Å²) in [6.45, 7) is 0. The molecule has 0 amide bonds. The maximum atomic E-state index is 11.7. The number of rotatable bonds is 2. The van der Waals surface area contributed by atoms with Gasteiger partial charge in [0.2, 0.25) is 23.1 Å². The molecular formula is C12H10O7. The highest BCUT2D eigenvalue weighted by molar-refractivity contribution is 6.51. The number of carbonyl (C=O) groups excluding carboxylic acids is 3. The number of hydrogen-bond donors (Lipinski definition) is 2. The molecule has 0 radical (unpaired) electrons. The van der Waals surface area contributed by atoms with E-state index in [2.05, 4.69) is 0 Å². The second kappa shape index (κ2) is 4.27. The fourth-order valence-electron chi connectivity index (χ4n) is 2.00. The highest BCUT2D eigenvalue weighted by atomic mass is 16.5. The lowest BCUT2D eigenvalue weighted by atomic mass is 9.86. The Morgan fingerprint density at radius 2 is 1.32 bits per heavy atom. The minimum Gasteiger partial charge on any atom is -0.504 e. The lowest BCUT2D eigenvalue weighted by Crippen LogP contribution is -2.27. The molecule has 0 unspecified atom stereocenters. The number of phenolic OH excluding ortho intramolecular Hbond substituents is 2. The minimum atomic E-state index is -1.04.